The van der Waals surface area contributed by atoms with Crippen molar-refractivity contribution in [2.24, 2.45) is 0 Å². The number of fused-ring (bicyclic) bond motifs is 1. The Hall–Kier alpha value is -1.26. The second kappa shape index (κ2) is 5.18. The summed E-state index contributed by atoms with van der Waals surface area (Å²) >= 11 is 0. The van der Waals surface area contributed by atoms with Crippen LogP contribution < -0.4 is 14.8 Å². The smallest absolute Gasteiger partial charge is 0.166 e. The summed E-state index contributed by atoms with van der Waals surface area (Å²) in [7, 11) is 1.88. The molecule has 0 saturated carbocycles. The lowest BCUT2D eigenvalue weighted by molar-refractivity contribution is 0.167. The van der Waals surface area contributed by atoms with Crippen LogP contribution in [-0.4, -0.2) is 32.0 Å². The highest BCUT2D eigenvalue weighted by molar-refractivity contribution is 5.48. The number of rotatable bonds is 4. The van der Waals surface area contributed by atoms with Gasteiger partial charge in [0.25, 0.3) is 0 Å². The molecular weight excluding hydrogens is 206 g/mol. The Morgan fingerprint density at radius 2 is 2.19 bits per heavy atom. The Bertz CT molecular complexity index is 354. The maximum absolute atomic E-state index is 9.02. The molecule has 0 aromatic heterocycles. The van der Waals surface area contributed by atoms with Gasteiger partial charge >= 0.3 is 0 Å². The van der Waals surface area contributed by atoms with Gasteiger partial charge in [0.2, 0.25) is 0 Å². The van der Waals surface area contributed by atoms with Gasteiger partial charge in [-0.05, 0) is 19.5 Å². The van der Waals surface area contributed by atoms with Crippen molar-refractivity contribution in [1.29, 1.82) is 0 Å². The first-order chi connectivity index (χ1) is 7.86. The van der Waals surface area contributed by atoms with E-state index in [1.54, 1.807) is 0 Å². The topological polar surface area (TPSA) is 50.7 Å². The third kappa shape index (κ3) is 2.13. The molecule has 4 heteroatoms. The minimum atomic E-state index is 0.0987. The van der Waals surface area contributed by atoms with Crippen molar-refractivity contribution in [2.75, 3.05) is 26.9 Å². The van der Waals surface area contributed by atoms with E-state index in [9.17, 15) is 0 Å². The average Bonchev–Trinajstić information content (AvgIpc) is 2.35. The number of ether oxygens (including phenoxy) is 2. The van der Waals surface area contributed by atoms with Gasteiger partial charge in [0.1, 0.15) is 13.2 Å². The molecule has 88 valence electrons. The third-order valence-corrected chi connectivity index (χ3v) is 2.74. The number of aliphatic hydroxyl groups is 1. The average molecular weight is 223 g/mol. The summed E-state index contributed by atoms with van der Waals surface area (Å²) in [5, 5.41) is 12.2. The van der Waals surface area contributed by atoms with Gasteiger partial charge in [-0.2, -0.15) is 0 Å². The Morgan fingerprint density at radius 1 is 1.38 bits per heavy atom. The molecule has 2 N–H and O–H groups in total. The Morgan fingerprint density at radius 3 is 2.94 bits per heavy atom. The van der Waals surface area contributed by atoms with Crippen LogP contribution in [0.2, 0.25) is 0 Å². The molecule has 1 aliphatic rings. The summed E-state index contributed by atoms with van der Waals surface area (Å²) in [6, 6.07) is 5.96. The maximum Gasteiger partial charge on any atom is 0.166 e. The fourth-order valence-corrected chi connectivity index (χ4v) is 1.96. The van der Waals surface area contributed by atoms with E-state index in [4.69, 9.17) is 14.6 Å². The predicted octanol–water partition coefficient (Wildman–Crippen LogP) is 1.10. The van der Waals surface area contributed by atoms with Crippen molar-refractivity contribution >= 4 is 0 Å². The molecule has 0 radical (unpaired) electrons. The molecule has 0 aliphatic carbocycles. The molecule has 0 amide bonds. The third-order valence-electron chi connectivity index (χ3n) is 2.74. The maximum atomic E-state index is 9.02. The summed E-state index contributed by atoms with van der Waals surface area (Å²) in [4.78, 5) is 0. The van der Waals surface area contributed by atoms with E-state index in [1.165, 1.54) is 0 Å². The van der Waals surface area contributed by atoms with Gasteiger partial charge in [0.15, 0.2) is 11.5 Å². The van der Waals surface area contributed by atoms with Gasteiger partial charge in [-0.1, -0.05) is 12.1 Å². The Kier molecular flexibility index (Phi) is 3.64. The Labute approximate surface area is 95.2 Å². The van der Waals surface area contributed by atoms with E-state index in [-0.39, 0.29) is 12.6 Å². The van der Waals surface area contributed by atoms with Crippen LogP contribution >= 0.6 is 0 Å². The first-order valence-corrected chi connectivity index (χ1v) is 5.53. The molecule has 1 atom stereocenters. The highest BCUT2D eigenvalue weighted by atomic mass is 16.6. The van der Waals surface area contributed by atoms with Crippen molar-refractivity contribution < 1.29 is 14.6 Å². The molecular formula is C12H17NO3. The SMILES string of the molecule is CN[C@@H](CCO)c1cccc2c1OCCO2. The first kappa shape index (κ1) is 11.2. The zero-order valence-corrected chi connectivity index (χ0v) is 9.40. The zero-order chi connectivity index (χ0) is 11.4. The van der Waals surface area contributed by atoms with E-state index in [0.717, 1.165) is 17.1 Å². The highest BCUT2D eigenvalue weighted by Gasteiger charge is 2.20. The molecule has 0 unspecified atom stereocenters. The molecule has 4 nitrogen and oxygen atoms in total. The van der Waals surface area contributed by atoms with Crippen LogP contribution in [-0.2, 0) is 0 Å². The van der Waals surface area contributed by atoms with Crippen molar-refractivity contribution in [2.45, 2.75) is 12.5 Å². The van der Waals surface area contributed by atoms with E-state index in [2.05, 4.69) is 5.32 Å². The van der Waals surface area contributed by atoms with E-state index in [0.29, 0.717) is 19.6 Å². The number of aliphatic hydroxyl groups excluding tert-OH is 1. The fourth-order valence-electron chi connectivity index (χ4n) is 1.96. The quantitative estimate of drug-likeness (QED) is 0.802. The van der Waals surface area contributed by atoms with E-state index < -0.39 is 0 Å². The summed E-state index contributed by atoms with van der Waals surface area (Å²) in [6.45, 7) is 1.33. The molecule has 0 fully saturated rings. The van der Waals surface area contributed by atoms with Crippen LogP contribution in [0.3, 0.4) is 0 Å². The van der Waals surface area contributed by atoms with Crippen molar-refractivity contribution in [3.05, 3.63) is 23.8 Å². The van der Waals surface area contributed by atoms with E-state index >= 15 is 0 Å². The number of hydrogen-bond donors (Lipinski definition) is 2. The van der Waals surface area contributed by atoms with Crippen LogP contribution in [0.15, 0.2) is 18.2 Å². The minimum absolute atomic E-state index is 0.0987. The summed E-state index contributed by atoms with van der Waals surface area (Å²) in [5.41, 5.74) is 1.05. The molecule has 1 aromatic rings. The lowest BCUT2D eigenvalue weighted by atomic mass is 10.0. The standard InChI is InChI=1S/C12H17NO3/c1-13-10(5-6-14)9-3-2-4-11-12(9)16-8-7-15-11/h2-4,10,13-14H,5-8H2,1H3/t10-/m0/s1. The predicted molar refractivity (Wildman–Crippen MR) is 60.9 cm³/mol. The van der Waals surface area contributed by atoms with Crippen LogP contribution in [0, 0.1) is 0 Å². The second-order valence-electron chi connectivity index (χ2n) is 3.72. The summed E-state index contributed by atoms with van der Waals surface area (Å²) in [6.07, 6.45) is 0.663. The molecule has 16 heavy (non-hydrogen) atoms. The van der Waals surface area contributed by atoms with Crippen molar-refractivity contribution in [1.82, 2.24) is 5.32 Å². The van der Waals surface area contributed by atoms with Gasteiger partial charge in [-0.15, -0.1) is 0 Å². The number of para-hydroxylation sites is 1. The second-order valence-corrected chi connectivity index (χ2v) is 3.72. The minimum Gasteiger partial charge on any atom is -0.486 e. The molecule has 2 rings (SSSR count). The molecule has 1 heterocycles. The first-order valence-electron chi connectivity index (χ1n) is 5.53. The largest absolute Gasteiger partial charge is 0.486 e. The van der Waals surface area contributed by atoms with Crippen LogP contribution in [0.4, 0.5) is 0 Å². The number of hydrogen-bond acceptors (Lipinski definition) is 4. The van der Waals surface area contributed by atoms with Gasteiger partial charge in [-0.25, -0.2) is 0 Å². The monoisotopic (exact) mass is 223 g/mol. The lowest BCUT2D eigenvalue weighted by Crippen LogP contribution is -2.22. The molecule has 0 saturated heterocycles. The van der Waals surface area contributed by atoms with Crippen LogP contribution in [0.1, 0.15) is 18.0 Å². The van der Waals surface area contributed by atoms with Gasteiger partial charge in [-0.3, -0.25) is 0 Å². The van der Waals surface area contributed by atoms with Gasteiger partial charge < -0.3 is 19.9 Å². The van der Waals surface area contributed by atoms with Crippen molar-refractivity contribution in [3.63, 3.8) is 0 Å². The molecule has 0 bridgehead atoms. The normalized spacial score (nSPS) is 15.9. The van der Waals surface area contributed by atoms with Gasteiger partial charge in [0.05, 0.1) is 0 Å². The lowest BCUT2D eigenvalue weighted by Gasteiger charge is -2.24. The highest BCUT2D eigenvalue weighted by Crippen LogP contribution is 2.37. The fraction of sp³-hybridized carbons (Fsp3) is 0.500. The molecule has 0 spiro atoms. The Balaban J connectivity index is 2.31. The van der Waals surface area contributed by atoms with Crippen LogP contribution in [0.25, 0.3) is 0 Å². The molecule has 1 aromatic carbocycles. The molecule has 1 aliphatic heterocycles. The van der Waals surface area contributed by atoms with E-state index in [1.807, 2.05) is 25.2 Å². The summed E-state index contributed by atoms with van der Waals surface area (Å²) < 4.78 is 11.2. The number of benzene rings is 1. The summed E-state index contributed by atoms with van der Waals surface area (Å²) in [5.74, 6) is 1.60. The van der Waals surface area contributed by atoms with Crippen LogP contribution in [0.5, 0.6) is 11.5 Å². The zero-order valence-electron chi connectivity index (χ0n) is 9.40. The van der Waals surface area contributed by atoms with Crippen molar-refractivity contribution in [3.8, 4) is 11.5 Å². The van der Waals surface area contributed by atoms with Gasteiger partial charge in [0, 0.05) is 18.2 Å². The number of nitrogens with one attached hydrogen (secondary N) is 1.